The van der Waals surface area contributed by atoms with Gasteiger partial charge in [-0.1, -0.05) is 35.9 Å². The highest BCUT2D eigenvalue weighted by molar-refractivity contribution is 7.89. The van der Waals surface area contributed by atoms with Gasteiger partial charge in [0.05, 0.1) is 4.90 Å². The molecule has 0 fully saturated rings. The van der Waals surface area contributed by atoms with Crippen molar-refractivity contribution in [3.05, 3.63) is 64.7 Å². The molecule has 2 aromatic carbocycles. The maximum absolute atomic E-state index is 12.5. The Hall–Kier alpha value is -2.18. The summed E-state index contributed by atoms with van der Waals surface area (Å²) >= 11 is 0. The third kappa shape index (κ3) is 4.43. The van der Waals surface area contributed by atoms with Crippen LogP contribution in [-0.4, -0.2) is 20.9 Å². The number of carbonyl (C=O) groups is 1. The third-order valence-corrected chi connectivity index (χ3v) is 5.09. The van der Waals surface area contributed by atoms with Gasteiger partial charge in [-0.2, -0.15) is 0 Å². The van der Waals surface area contributed by atoms with E-state index in [2.05, 4.69) is 10.0 Å². The van der Waals surface area contributed by atoms with Gasteiger partial charge < -0.3 is 5.32 Å². The van der Waals surface area contributed by atoms with Crippen LogP contribution in [0.5, 0.6) is 0 Å². The quantitative estimate of drug-likeness (QED) is 0.844. The predicted molar refractivity (Wildman–Crippen MR) is 94.4 cm³/mol. The average molecular weight is 346 g/mol. The molecule has 5 nitrogen and oxygen atoms in total. The zero-order valence-electron chi connectivity index (χ0n) is 14.1. The van der Waals surface area contributed by atoms with Crippen LogP contribution in [0.4, 0.5) is 0 Å². The van der Waals surface area contributed by atoms with Gasteiger partial charge in [0.2, 0.25) is 10.0 Å². The number of sulfonamides is 1. The Balaban J connectivity index is 2.21. The van der Waals surface area contributed by atoms with Crippen molar-refractivity contribution in [3.63, 3.8) is 0 Å². The summed E-state index contributed by atoms with van der Waals surface area (Å²) in [4.78, 5) is 12.1. The summed E-state index contributed by atoms with van der Waals surface area (Å²) in [5.74, 6) is -0.273. The van der Waals surface area contributed by atoms with E-state index < -0.39 is 10.0 Å². The van der Waals surface area contributed by atoms with Gasteiger partial charge in [-0.15, -0.1) is 0 Å². The molecule has 2 N–H and O–H groups in total. The monoisotopic (exact) mass is 346 g/mol. The van der Waals surface area contributed by atoms with Crippen molar-refractivity contribution in [2.24, 2.45) is 0 Å². The molecule has 2 aromatic rings. The predicted octanol–water partition coefficient (Wildman–Crippen LogP) is 2.53. The normalized spacial score (nSPS) is 11.3. The highest BCUT2D eigenvalue weighted by Gasteiger charge is 2.17. The Morgan fingerprint density at radius 1 is 1.04 bits per heavy atom. The van der Waals surface area contributed by atoms with Gasteiger partial charge in [0.25, 0.3) is 5.91 Å². The molecule has 0 atom stereocenters. The van der Waals surface area contributed by atoms with Gasteiger partial charge in [-0.05, 0) is 44.0 Å². The zero-order chi connectivity index (χ0) is 17.7. The summed E-state index contributed by atoms with van der Waals surface area (Å²) in [6.07, 6.45) is 0. The SMILES string of the molecule is CCNC(=O)c1cc(S(=O)(=O)NCc2ccc(C)cc2)ccc1C. The molecule has 0 spiro atoms. The molecule has 0 aliphatic heterocycles. The van der Waals surface area contributed by atoms with Gasteiger partial charge in [-0.25, -0.2) is 13.1 Å². The van der Waals surface area contributed by atoms with E-state index in [1.165, 1.54) is 12.1 Å². The fourth-order valence-corrected chi connectivity index (χ4v) is 3.28. The fraction of sp³-hybridized carbons (Fsp3) is 0.278. The Morgan fingerprint density at radius 3 is 2.33 bits per heavy atom. The number of nitrogens with one attached hydrogen (secondary N) is 2. The van der Waals surface area contributed by atoms with Gasteiger partial charge in [0, 0.05) is 18.7 Å². The summed E-state index contributed by atoms with van der Waals surface area (Å²) < 4.78 is 27.5. The molecule has 24 heavy (non-hydrogen) atoms. The molecule has 0 bridgehead atoms. The van der Waals surface area contributed by atoms with E-state index in [0.29, 0.717) is 12.1 Å². The van der Waals surface area contributed by atoms with Crippen LogP contribution < -0.4 is 10.0 Å². The zero-order valence-corrected chi connectivity index (χ0v) is 14.9. The lowest BCUT2D eigenvalue weighted by atomic mass is 10.1. The molecular weight excluding hydrogens is 324 g/mol. The van der Waals surface area contributed by atoms with Crippen molar-refractivity contribution >= 4 is 15.9 Å². The number of hydrogen-bond acceptors (Lipinski definition) is 3. The Bertz CT molecular complexity index is 828. The first-order chi connectivity index (χ1) is 11.3. The van der Waals surface area contributed by atoms with Crippen molar-refractivity contribution < 1.29 is 13.2 Å². The average Bonchev–Trinajstić information content (AvgIpc) is 2.55. The van der Waals surface area contributed by atoms with E-state index in [-0.39, 0.29) is 17.3 Å². The number of carbonyl (C=O) groups excluding carboxylic acids is 1. The molecule has 0 aliphatic carbocycles. The topological polar surface area (TPSA) is 75.3 Å². The largest absolute Gasteiger partial charge is 0.352 e. The molecule has 0 aromatic heterocycles. The first-order valence-electron chi connectivity index (χ1n) is 7.77. The van der Waals surface area contributed by atoms with Crippen molar-refractivity contribution in [2.75, 3.05) is 6.54 Å². The molecule has 2 rings (SSSR count). The maximum Gasteiger partial charge on any atom is 0.251 e. The van der Waals surface area contributed by atoms with E-state index in [9.17, 15) is 13.2 Å². The molecular formula is C18H22N2O3S. The first-order valence-corrected chi connectivity index (χ1v) is 9.26. The standard InChI is InChI=1S/C18H22N2O3S/c1-4-19-18(21)17-11-16(10-7-14(17)3)24(22,23)20-12-15-8-5-13(2)6-9-15/h5-11,20H,4,12H2,1-3H3,(H,19,21). The van der Waals surface area contributed by atoms with Crippen LogP contribution in [0, 0.1) is 13.8 Å². The minimum atomic E-state index is -3.69. The summed E-state index contributed by atoms with van der Waals surface area (Å²) in [5.41, 5.74) is 3.10. The fourth-order valence-electron chi connectivity index (χ4n) is 2.24. The highest BCUT2D eigenvalue weighted by atomic mass is 32.2. The van der Waals surface area contributed by atoms with E-state index in [1.807, 2.05) is 38.1 Å². The number of aryl methyl sites for hydroxylation is 2. The molecule has 128 valence electrons. The minimum Gasteiger partial charge on any atom is -0.352 e. The second kappa shape index (κ2) is 7.59. The Kier molecular flexibility index (Phi) is 5.75. The number of benzene rings is 2. The lowest BCUT2D eigenvalue weighted by molar-refractivity contribution is 0.0955. The van der Waals surface area contributed by atoms with E-state index >= 15 is 0 Å². The van der Waals surface area contributed by atoms with Crippen LogP contribution in [0.25, 0.3) is 0 Å². The third-order valence-electron chi connectivity index (χ3n) is 3.69. The van der Waals surface area contributed by atoms with Crippen LogP contribution in [0.3, 0.4) is 0 Å². The summed E-state index contributed by atoms with van der Waals surface area (Å²) in [6.45, 7) is 6.26. The van der Waals surface area contributed by atoms with E-state index in [1.54, 1.807) is 13.0 Å². The molecule has 0 heterocycles. The first kappa shape index (κ1) is 18.2. The van der Waals surface area contributed by atoms with Crippen LogP contribution in [0.15, 0.2) is 47.4 Å². The van der Waals surface area contributed by atoms with Crippen LogP contribution in [0.1, 0.15) is 34.0 Å². The molecule has 0 saturated heterocycles. The molecule has 0 radical (unpaired) electrons. The van der Waals surface area contributed by atoms with E-state index in [0.717, 1.165) is 16.7 Å². The van der Waals surface area contributed by atoms with Gasteiger partial charge in [0.15, 0.2) is 0 Å². The Labute approximate surface area is 143 Å². The van der Waals surface area contributed by atoms with Crippen LogP contribution in [-0.2, 0) is 16.6 Å². The second-order valence-electron chi connectivity index (χ2n) is 5.65. The molecule has 6 heteroatoms. The lowest BCUT2D eigenvalue weighted by Gasteiger charge is -2.11. The van der Waals surface area contributed by atoms with Gasteiger partial charge >= 0.3 is 0 Å². The smallest absolute Gasteiger partial charge is 0.251 e. The second-order valence-corrected chi connectivity index (χ2v) is 7.41. The molecule has 0 saturated carbocycles. The molecule has 0 aliphatic rings. The van der Waals surface area contributed by atoms with Gasteiger partial charge in [0.1, 0.15) is 0 Å². The van der Waals surface area contributed by atoms with Gasteiger partial charge in [-0.3, -0.25) is 4.79 Å². The number of amides is 1. The molecule has 0 unspecified atom stereocenters. The maximum atomic E-state index is 12.5. The summed E-state index contributed by atoms with van der Waals surface area (Å²) in [6, 6.07) is 12.2. The summed E-state index contributed by atoms with van der Waals surface area (Å²) in [7, 11) is -3.69. The van der Waals surface area contributed by atoms with Crippen molar-refractivity contribution in [2.45, 2.75) is 32.2 Å². The minimum absolute atomic E-state index is 0.0847. The van der Waals surface area contributed by atoms with Crippen molar-refractivity contribution in [1.29, 1.82) is 0 Å². The van der Waals surface area contributed by atoms with Crippen molar-refractivity contribution in [1.82, 2.24) is 10.0 Å². The van der Waals surface area contributed by atoms with E-state index in [4.69, 9.17) is 0 Å². The van der Waals surface area contributed by atoms with Crippen LogP contribution >= 0.6 is 0 Å². The van der Waals surface area contributed by atoms with Crippen LogP contribution in [0.2, 0.25) is 0 Å². The molecule has 1 amide bonds. The Morgan fingerprint density at radius 2 is 1.71 bits per heavy atom. The lowest BCUT2D eigenvalue weighted by Crippen LogP contribution is -2.26. The van der Waals surface area contributed by atoms with Crippen molar-refractivity contribution in [3.8, 4) is 0 Å². The highest BCUT2D eigenvalue weighted by Crippen LogP contribution is 2.16. The number of hydrogen-bond donors (Lipinski definition) is 2. The number of rotatable bonds is 6. The summed E-state index contributed by atoms with van der Waals surface area (Å²) in [5, 5.41) is 2.69.